The predicted molar refractivity (Wildman–Crippen MR) is 141 cm³/mol. The van der Waals surface area contributed by atoms with Gasteiger partial charge in [-0.3, -0.25) is 4.79 Å². The number of nitrogens with one attached hydrogen (secondary N) is 2. The number of alkyl halides is 3. The molecule has 0 spiro atoms. The van der Waals surface area contributed by atoms with Gasteiger partial charge in [0.15, 0.2) is 5.13 Å². The summed E-state index contributed by atoms with van der Waals surface area (Å²) in [7, 11) is 0. The van der Waals surface area contributed by atoms with Gasteiger partial charge in [-0.25, -0.2) is 10.4 Å². The van der Waals surface area contributed by atoms with Crippen molar-refractivity contribution in [2.75, 3.05) is 5.32 Å². The molecule has 0 aliphatic carbocycles. The lowest BCUT2D eigenvalue weighted by molar-refractivity contribution is -0.137. The van der Waals surface area contributed by atoms with Crippen LogP contribution in [-0.2, 0) is 17.4 Å². The average molecular weight is 526 g/mol. The SMILES string of the molecule is Cc1ccc(-n2c(C)cc(/C=N\NC(=O)Cc3csc(Nc4cccc(C(F)(F)F)c4)n3)c2C)cc1C. The summed E-state index contributed by atoms with van der Waals surface area (Å²) in [4.78, 5) is 16.7. The second-order valence-corrected chi connectivity index (χ2v) is 9.61. The Morgan fingerprint density at radius 3 is 2.59 bits per heavy atom. The number of aryl methyl sites for hydroxylation is 3. The zero-order valence-corrected chi connectivity index (χ0v) is 21.6. The van der Waals surface area contributed by atoms with Crippen molar-refractivity contribution in [1.82, 2.24) is 15.0 Å². The fourth-order valence-corrected chi connectivity index (χ4v) is 4.63. The molecule has 0 bridgehead atoms. The number of carbonyl (C=O) groups excluding carboxylic acids is 1. The van der Waals surface area contributed by atoms with Crippen molar-refractivity contribution < 1.29 is 18.0 Å². The number of hydrogen-bond donors (Lipinski definition) is 2. The lowest BCUT2D eigenvalue weighted by Gasteiger charge is -2.11. The molecule has 0 aliphatic rings. The molecule has 0 radical (unpaired) electrons. The number of hydrogen-bond acceptors (Lipinski definition) is 5. The molecule has 0 saturated heterocycles. The fourth-order valence-electron chi connectivity index (χ4n) is 3.90. The number of rotatable bonds is 7. The molecule has 2 aromatic heterocycles. The van der Waals surface area contributed by atoms with Crippen LogP contribution in [0, 0.1) is 27.7 Å². The number of benzene rings is 2. The smallest absolute Gasteiger partial charge is 0.332 e. The summed E-state index contributed by atoms with van der Waals surface area (Å²) in [6.45, 7) is 8.18. The molecule has 6 nitrogen and oxygen atoms in total. The van der Waals surface area contributed by atoms with Crippen LogP contribution in [0.2, 0.25) is 0 Å². The van der Waals surface area contributed by atoms with E-state index in [4.69, 9.17) is 0 Å². The van der Waals surface area contributed by atoms with Crippen molar-refractivity contribution in [3.05, 3.63) is 93.2 Å². The second kappa shape index (κ2) is 10.6. The van der Waals surface area contributed by atoms with Gasteiger partial charge in [-0.15, -0.1) is 11.3 Å². The minimum Gasteiger partial charge on any atom is -0.332 e. The highest BCUT2D eigenvalue weighted by atomic mass is 32.1. The molecule has 4 rings (SSSR count). The molecule has 2 heterocycles. The first kappa shape index (κ1) is 26.2. The maximum atomic E-state index is 12.9. The molecule has 0 unspecified atom stereocenters. The number of amides is 1. The molecule has 192 valence electrons. The summed E-state index contributed by atoms with van der Waals surface area (Å²) in [5.41, 5.74) is 8.97. The molecular weight excluding hydrogens is 499 g/mol. The Balaban J connectivity index is 1.36. The molecule has 37 heavy (non-hydrogen) atoms. The molecule has 0 saturated carbocycles. The van der Waals surface area contributed by atoms with Gasteiger partial charge in [0.25, 0.3) is 0 Å². The van der Waals surface area contributed by atoms with Crippen LogP contribution in [0.15, 0.2) is 59.0 Å². The van der Waals surface area contributed by atoms with Crippen LogP contribution in [-0.4, -0.2) is 21.7 Å². The third-order valence-electron chi connectivity index (χ3n) is 5.95. The number of hydrazone groups is 1. The van der Waals surface area contributed by atoms with E-state index < -0.39 is 11.7 Å². The van der Waals surface area contributed by atoms with Crippen molar-refractivity contribution >= 4 is 34.3 Å². The number of anilines is 2. The van der Waals surface area contributed by atoms with Gasteiger partial charge in [0.2, 0.25) is 5.91 Å². The van der Waals surface area contributed by atoms with E-state index in [0.717, 1.165) is 34.8 Å². The highest BCUT2D eigenvalue weighted by Gasteiger charge is 2.30. The largest absolute Gasteiger partial charge is 0.416 e. The lowest BCUT2D eigenvalue weighted by atomic mass is 10.1. The van der Waals surface area contributed by atoms with Crippen LogP contribution in [0.3, 0.4) is 0 Å². The van der Waals surface area contributed by atoms with Gasteiger partial charge in [-0.2, -0.15) is 18.3 Å². The highest BCUT2D eigenvalue weighted by Crippen LogP contribution is 2.32. The molecule has 0 fully saturated rings. The quantitative estimate of drug-likeness (QED) is 0.210. The lowest BCUT2D eigenvalue weighted by Crippen LogP contribution is -2.20. The molecular formula is C27H26F3N5OS. The van der Waals surface area contributed by atoms with Crippen molar-refractivity contribution in [1.29, 1.82) is 0 Å². The van der Waals surface area contributed by atoms with E-state index in [2.05, 4.69) is 57.4 Å². The monoisotopic (exact) mass is 525 g/mol. The maximum absolute atomic E-state index is 12.9. The van der Waals surface area contributed by atoms with E-state index in [1.807, 2.05) is 19.9 Å². The Kier molecular flexibility index (Phi) is 7.49. The first-order valence-corrected chi connectivity index (χ1v) is 12.4. The van der Waals surface area contributed by atoms with Crippen LogP contribution < -0.4 is 10.7 Å². The van der Waals surface area contributed by atoms with Gasteiger partial charge < -0.3 is 9.88 Å². The zero-order chi connectivity index (χ0) is 26.7. The Bertz CT molecular complexity index is 1470. The minimum absolute atomic E-state index is 0.0141. The molecule has 10 heteroatoms. The van der Waals surface area contributed by atoms with Crippen LogP contribution in [0.4, 0.5) is 24.0 Å². The zero-order valence-electron chi connectivity index (χ0n) is 20.8. The Hall–Kier alpha value is -3.92. The van der Waals surface area contributed by atoms with Crippen molar-refractivity contribution in [2.45, 2.75) is 40.3 Å². The fraction of sp³-hybridized carbons (Fsp3) is 0.222. The predicted octanol–water partition coefficient (Wildman–Crippen LogP) is 6.62. The number of nitrogens with zero attached hydrogens (tertiary/aromatic N) is 3. The Morgan fingerprint density at radius 1 is 1.08 bits per heavy atom. The van der Waals surface area contributed by atoms with Gasteiger partial charge in [-0.05, 0) is 75.2 Å². The van der Waals surface area contributed by atoms with Crippen molar-refractivity contribution in [3.63, 3.8) is 0 Å². The van der Waals surface area contributed by atoms with Crippen molar-refractivity contribution in [3.8, 4) is 5.69 Å². The molecule has 0 atom stereocenters. The topological polar surface area (TPSA) is 71.3 Å². The van der Waals surface area contributed by atoms with Crippen molar-refractivity contribution in [2.24, 2.45) is 5.10 Å². The van der Waals surface area contributed by atoms with E-state index in [1.54, 1.807) is 11.6 Å². The first-order valence-electron chi connectivity index (χ1n) is 11.5. The standard InChI is InChI=1S/C27H26F3N5OS/c1-16-8-9-24(10-17(16)2)35-18(3)11-20(19(35)4)14-31-34-25(36)13-23-15-37-26(33-23)32-22-7-5-6-21(12-22)27(28,29)30/h5-12,14-15H,13H2,1-4H3,(H,32,33)(H,34,36)/b31-14-. The highest BCUT2D eigenvalue weighted by molar-refractivity contribution is 7.13. The van der Waals surface area contributed by atoms with E-state index in [1.165, 1.54) is 34.6 Å². The number of thiazole rings is 1. The minimum atomic E-state index is -4.43. The summed E-state index contributed by atoms with van der Waals surface area (Å²) in [5.74, 6) is -0.352. The third kappa shape index (κ3) is 6.26. The van der Waals surface area contributed by atoms with E-state index in [0.29, 0.717) is 10.8 Å². The Morgan fingerprint density at radius 2 is 1.86 bits per heavy atom. The summed E-state index contributed by atoms with van der Waals surface area (Å²) >= 11 is 1.20. The van der Waals surface area contributed by atoms with Crippen LogP contribution in [0.25, 0.3) is 5.69 Å². The molecule has 4 aromatic rings. The Labute approximate surface area is 216 Å². The number of halogens is 3. The van der Waals surface area contributed by atoms with Gasteiger partial charge >= 0.3 is 6.18 Å². The summed E-state index contributed by atoms with van der Waals surface area (Å²) in [6, 6.07) is 13.2. The molecule has 0 aliphatic heterocycles. The van der Waals surface area contributed by atoms with Gasteiger partial charge in [0, 0.05) is 33.7 Å². The maximum Gasteiger partial charge on any atom is 0.416 e. The van der Waals surface area contributed by atoms with Crippen LogP contribution in [0.1, 0.15) is 39.3 Å². The van der Waals surface area contributed by atoms with Crippen LogP contribution in [0.5, 0.6) is 0 Å². The summed E-state index contributed by atoms with van der Waals surface area (Å²) in [5, 5.41) is 9.02. The summed E-state index contributed by atoms with van der Waals surface area (Å²) < 4.78 is 40.9. The summed E-state index contributed by atoms with van der Waals surface area (Å²) in [6.07, 6.45) is -2.83. The normalized spacial score (nSPS) is 11.8. The number of carbonyl (C=O) groups is 1. The third-order valence-corrected chi connectivity index (χ3v) is 6.75. The molecule has 2 aromatic carbocycles. The average Bonchev–Trinajstić information content (AvgIpc) is 3.38. The van der Waals surface area contributed by atoms with E-state index in [-0.39, 0.29) is 18.0 Å². The van der Waals surface area contributed by atoms with E-state index in [9.17, 15) is 18.0 Å². The van der Waals surface area contributed by atoms with Gasteiger partial charge in [0.05, 0.1) is 23.9 Å². The first-order chi connectivity index (χ1) is 17.5. The molecule has 1 amide bonds. The molecule has 2 N–H and O–H groups in total. The second-order valence-electron chi connectivity index (χ2n) is 8.75. The van der Waals surface area contributed by atoms with E-state index >= 15 is 0 Å². The van der Waals surface area contributed by atoms with Gasteiger partial charge in [0.1, 0.15) is 0 Å². The van der Waals surface area contributed by atoms with Crippen LogP contribution >= 0.6 is 11.3 Å². The number of aromatic nitrogens is 2. The van der Waals surface area contributed by atoms with Gasteiger partial charge in [-0.1, -0.05) is 12.1 Å².